The van der Waals surface area contributed by atoms with Crippen molar-refractivity contribution in [3.8, 4) is 11.8 Å². The first-order chi connectivity index (χ1) is 9.78. The summed E-state index contributed by atoms with van der Waals surface area (Å²) in [6, 6.07) is 5.62. The summed E-state index contributed by atoms with van der Waals surface area (Å²) in [6.07, 6.45) is 3.74. The first kappa shape index (κ1) is 17.1. The predicted molar refractivity (Wildman–Crippen MR) is 84.6 cm³/mol. The van der Waals surface area contributed by atoms with Crippen molar-refractivity contribution in [2.75, 3.05) is 20.1 Å². The standard InChI is InChI=1S/C18H22FNO/c1-18(2,3)12-6-5-7-13-20(4)14-17(21)15-8-10-16(19)11-9-15/h5,7-11H,13-14H2,1-4H3. The molecule has 0 aromatic heterocycles. The molecule has 1 rings (SSSR count). The number of hydrogen-bond acceptors (Lipinski definition) is 2. The lowest BCUT2D eigenvalue weighted by molar-refractivity contribution is 0.0952. The van der Waals surface area contributed by atoms with E-state index in [1.807, 2.05) is 24.1 Å². The zero-order valence-electron chi connectivity index (χ0n) is 13.1. The van der Waals surface area contributed by atoms with Gasteiger partial charge in [0, 0.05) is 17.5 Å². The molecule has 0 heterocycles. The summed E-state index contributed by atoms with van der Waals surface area (Å²) >= 11 is 0. The minimum Gasteiger partial charge on any atom is -0.295 e. The van der Waals surface area contributed by atoms with Crippen LogP contribution in [0.1, 0.15) is 31.1 Å². The number of ketones is 1. The Labute approximate surface area is 126 Å². The van der Waals surface area contributed by atoms with Gasteiger partial charge in [-0.15, -0.1) is 0 Å². The van der Waals surface area contributed by atoms with Crippen LogP contribution in [-0.2, 0) is 0 Å². The fraction of sp³-hybridized carbons (Fsp3) is 0.389. The van der Waals surface area contributed by atoms with Crippen LogP contribution in [0.15, 0.2) is 36.4 Å². The summed E-state index contributed by atoms with van der Waals surface area (Å²) < 4.78 is 12.8. The van der Waals surface area contributed by atoms with Gasteiger partial charge in [0.05, 0.1) is 6.54 Å². The minimum atomic E-state index is -0.333. The summed E-state index contributed by atoms with van der Waals surface area (Å²) in [5.74, 6) is 5.74. The summed E-state index contributed by atoms with van der Waals surface area (Å²) in [4.78, 5) is 13.9. The van der Waals surface area contributed by atoms with E-state index in [-0.39, 0.29) is 17.0 Å². The number of Topliss-reactive ketones (excluding diaryl/α,β-unsaturated/α-hetero) is 1. The number of hydrogen-bond donors (Lipinski definition) is 0. The molecule has 0 aliphatic rings. The van der Waals surface area contributed by atoms with Crippen molar-refractivity contribution in [1.82, 2.24) is 4.90 Å². The number of likely N-dealkylation sites (N-methyl/N-ethyl adjacent to an activating group) is 1. The van der Waals surface area contributed by atoms with E-state index < -0.39 is 0 Å². The number of allylic oxidation sites excluding steroid dienone is 1. The van der Waals surface area contributed by atoms with Gasteiger partial charge in [0.25, 0.3) is 0 Å². The van der Waals surface area contributed by atoms with Crippen LogP contribution in [0.2, 0.25) is 0 Å². The van der Waals surface area contributed by atoms with Gasteiger partial charge < -0.3 is 0 Å². The normalized spacial score (nSPS) is 11.5. The van der Waals surface area contributed by atoms with Crippen molar-refractivity contribution in [2.45, 2.75) is 20.8 Å². The first-order valence-corrected chi connectivity index (χ1v) is 6.93. The minimum absolute atomic E-state index is 0.00517. The van der Waals surface area contributed by atoms with Crippen molar-refractivity contribution in [3.63, 3.8) is 0 Å². The molecule has 0 N–H and O–H groups in total. The SMILES string of the molecule is CN(CC=CC#CC(C)(C)C)CC(=O)c1ccc(F)cc1. The molecule has 0 radical (unpaired) electrons. The Balaban J connectivity index is 2.44. The lowest BCUT2D eigenvalue weighted by atomic mass is 9.98. The van der Waals surface area contributed by atoms with Crippen molar-refractivity contribution >= 4 is 5.78 Å². The molecule has 0 fully saturated rings. The van der Waals surface area contributed by atoms with Gasteiger partial charge in [-0.1, -0.05) is 17.9 Å². The highest BCUT2D eigenvalue weighted by atomic mass is 19.1. The number of carbonyl (C=O) groups excluding carboxylic acids is 1. The van der Waals surface area contributed by atoms with Gasteiger partial charge in [-0.05, 0) is 58.2 Å². The molecule has 0 bridgehead atoms. The second-order valence-corrected chi connectivity index (χ2v) is 6.05. The number of rotatable bonds is 5. The fourth-order valence-electron chi connectivity index (χ4n) is 1.59. The quantitative estimate of drug-likeness (QED) is 0.610. The molecule has 0 atom stereocenters. The van der Waals surface area contributed by atoms with Crippen molar-refractivity contribution in [1.29, 1.82) is 0 Å². The van der Waals surface area contributed by atoms with Gasteiger partial charge in [0.1, 0.15) is 5.82 Å². The molecule has 0 amide bonds. The van der Waals surface area contributed by atoms with E-state index >= 15 is 0 Å². The molecule has 0 saturated carbocycles. The number of benzene rings is 1. The average Bonchev–Trinajstić information content (AvgIpc) is 2.37. The second kappa shape index (κ2) is 7.75. The van der Waals surface area contributed by atoms with Crippen LogP contribution < -0.4 is 0 Å². The third kappa shape index (κ3) is 7.43. The third-order valence-corrected chi connectivity index (χ3v) is 2.65. The molecular weight excluding hydrogens is 265 g/mol. The molecule has 1 aromatic carbocycles. The van der Waals surface area contributed by atoms with Crippen LogP contribution in [0.25, 0.3) is 0 Å². The van der Waals surface area contributed by atoms with Crippen LogP contribution in [-0.4, -0.2) is 30.8 Å². The molecule has 1 aromatic rings. The van der Waals surface area contributed by atoms with E-state index in [2.05, 4.69) is 32.6 Å². The largest absolute Gasteiger partial charge is 0.295 e. The van der Waals surface area contributed by atoms with Gasteiger partial charge in [-0.3, -0.25) is 9.69 Å². The number of nitrogens with zero attached hydrogens (tertiary/aromatic N) is 1. The number of carbonyl (C=O) groups is 1. The Morgan fingerprint density at radius 2 is 1.90 bits per heavy atom. The number of halogens is 1. The molecule has 21 heavy (non-hydrogen) atoms. The molecule has 0 aliphatic carbocycles. The molecule has 0 saturated heterocycles. The molecule has 112 valence electrons. The monoisotopic (exact) mass is 287 g/mol. The Bertz CT molecular complexity index is 556. The highest BCUT2D eigenvalue weighted by Gasteiger charge is 2.08. The molecule has 0 unspecified atom stereocenters. The summed E-state index contributed by atoms with van der Waals surface area (Å²) in [7, 11) is 1.86. The Hall–Kier alpha value is -1.92. The van der Waals surface area contributed by atoms with Gasteiger partial charge in [-0.25, -0.2) is 4.39 Å². The van der Waals surface area contributed by atoms with E-state index in [4.69, 9.17) is 0 Å². The zero-order chi connectivity index (χ0) is 15.9. The maximum atomic E-state index is 12.8. The summed E-state index contributed by atoms with van der Waals surface area (Å²) in [5.41, 5.74) is 0.522. The van der Waals surface area contributed by atoms with Gasteiger partial charge in [0.2, 0.25) is 0 Å². The Kier molecular flexibility index (Phi) is 6.33. The smallest absolute Gasteiger partial charge is 0.176 e. The topological polar surface area (TPSA) is 20.3 Å². The first-order valence-electron chi connectivity index (χ1n) is 6.93. The van der Waals surface area contributed by atoms with Gasteiger partial charge in [-0.2, -0.15) is 0 Å². The molecule has 0 spiro atoms. The Morgan fingerprint density at radius 1 is 1.29 bits per heavy atom. The maximum absolute atomic E-state index is 12.8. The summed E-state index contributed by atoms with van der Waals surface area (Å²) in [5, 5.41) is 0. The fourth-order valence-corrected chi connectivity index (χ4v) is 1.59. The average molecular weight is 287 g/mol. The van der Waals surface area contributed by atoms with Crippen LogP contribution in [0, 0.1) is 23.1 Å². The predicted octanol–water partition coefficient (Wildman–Crippen LogP) is 3.55. The maximum Gasteiger partial charge on any atom is 0.176 e. The van der Waals surface area contributed by atoms with Crippen molar-refractivity contribution in [3.05, 3.63) is 47.8 Å². The molecular formula is C18H22FNO. The highest BCUT2D eigenvalue weighted by molar-refractivity contribution is 5.97. The Morgan fingerprint density at radius 3 is 2.48 bits per heavy atom. The van der Waals surface area contributed by atoms with Crippen molar-refractivity contribution in [2.24, 2.45) is 5.41 Å². The lowest BCUT2D eigenvalue weighted by Gasteiger charge is -2.12. The molecule has 3 heteroatoms. The van der Waals surface area contributed by atoms with Crippen molar-refractivity contribution < 1.29 is 9.18 Å². The zero-order valence-corrected chi connectivity index (χ0v) is 13.1. The van der Waals surface area contributed by atoms with Crippen LogP contribution in [0.5, 0.6) is 0 Å². The van der Waals surface area contributed by atoms with E-state index in [1.165, 1.54) is 24.3 Å². The van der Waals surface area contributed by atoms with E-state index in [1.54, 1.807) is 0 Å². The van der Waals surface area contributed by atoms with Crippen LogP contribution in [0.4, 0.5) is 4.39 Å². The van der Waals surface area contributed by atoms with E-state index in [0.717, 1.165) is 0 Å². The second-order valence-electron chi connectivity index (χ2n) is 6.05. The van der Waals surface area contributed by atoms with E-state index in [0.29, 0.717) is 18.7 Å². The lowest BCUT2D eigenvalue weighted by Crippen LogP contribution is -2.26. The third-order valence-electron chi connectivity index (χ3n) is 2.65. The molecule has 0 aliphatic heterocycles. The molecule has 2 nitrogen and oxygen atoms in total. The summed E-state index contributed by atoms with van der Waals surface area (Å²) in [6.45, 7) is 7.11. The van der Waals surface area contributed by atoms with Gasteiger partial charge in [0.15, 0.2) is 5.78 Å². The highest BCUT2D eigenvalue weighted by Crippen LogP contribution is 2.09. The van der Waals surface area contributed by atoms with E-state index in [9.17, 15) is 9.18 Å². The van der Waals surface area contributed by atoms with Crippen LogP contribution in [0.3, 0.4) is 0 Å². The van der Waals surface area contributed by atoms with Gasteiger partial charge >= 0.3 is 0 Å². The van der Waals surface area contributed by atoms with Crippen LogP contribution >= 0.6 is 0 Å².